The molecule has 0 unspecified atom stereocenters. The Balaban J connectivity index is 2.19. The van der Waals surface area contributed by atoms with E-state index in [2.05, 4.69) is 0 Å². The molecule has 0 aromatic carbocycles. The minimum atomic E-state index is -3.48. The third-order valence-electron chi connectivity index (χ3n) is 2.97. The monoisotopic (exact) mass is 162 g/mol. The van der Waals surface area contributed by atoms with Gasteiger partial charge in [-0.3, -0.25) is 0 Å². The van der Waals surface area contributed by atoms with Crippen LogP contribution < -0.4 is 0 Å². The summed E-state index contributed by atoms with van der Waals surface area (Å²) in [6, 6.07) is 0. The van der Waals surface area contributed by atoms with Gasteiger partial charge in [0.25, 0.3) is 0 Å². The van der Waals surface area contributed by atoms with Gasteiger partial charge in [0, 0.05) is 5.41 Å². The summed E-state index contributed by atoms with van der Waals surface area (Å²) in [5.41, 5.74) is -1.15. The van der Waals surface area contributed by atoms with Crippen molar-refractivity contribution in [2.75, 3.05) is 0 Å². The van der Waals surface area contributed by atoms with Crippen molar-refractivity contribution in [3.8, 4) is 0 Å². The van der Waals surface area contributed by atoms with Gasteiger partial charge < -0.3 is 5.11 Å². The molecule has 2 bridgehead atoms. The quantitative estimate of drug-likeness (QED) is 0.668. The van der Waals surface area contributed by atoms with E-state index in [0.717, 1.165) is 0 Å². The van der Waals surface area contributed by atoms with E-state index in [1.807, 2.05) is 0 Å². The van der Waals surface area contributed by atoms with E-state index >= 15 is 0 Å². The molecule has 1 N–H and O–H groups in total. The Kier molecular flexibility index (Phi) is 0.997. The Bertz CT molecular complexity index is 207. The summed E-state index contributed by atoms with van der Waals surface area (Å²) < 4.78 is 25.6. The van der Waals surface area contributed by atoms with Gasteiger partial charge in [-0.25, -0.2) is 4.79 Å². The fourth-order valence-corrected chi connectivity index (χ4v) is 2.09. The van der Waals surface area contributed by atoms with Crippen molar-refractivity contribution >= 4 is 5.97 Å². The van der Waals surface area contributed by atoms with Crippen molar-refractivity contribution in [3.63, 3.8) is 0 Å². The summed E-state index contributed by atoms with van der Waals surface area (Å²) >= 11 is 0. The second kappa shape index (κ2) is 1.57. The molecule has 11 heavy (non-hydrogen) atoms. The lowest BCUT2D eigenvalue weighted by Crippen LogP contribution is -2.64. The lowest BCUT2D eigenvalue weighted by Gasteiger charge is -2.63. The molecule has 0 amide bonds. The summed E-state index contributed by atoms with van der Waals surface area (Å²) in [6.07, 6.45) is 1.23. The van der Waals surface area contributed by atoms with Crippen LogP contribution in [-0.4, -0.2) is 17.0 Å². The highest BCUT2D eigenvalue weighted by atomic mass is 19.3. The smallest absolute Gasteiger partial charge is 0.375 e. The second-order valence-corrected chi connectivity index (χ2v) is 3.64. The maximum Gasteiger partial charge on any atom is 0.375 e. The Hall–Kier alpha value is -0.670. The van der Waals surface area contributed by atoms with E-state index in [4.69, 9.17) is 5.11 Å². The SMILES string of the molecule is O=C(O)C(F)(F)C12CC(C1)C2. The van der Waals surface area contributed by atoms with Gasteiger partial charge in [0.1, 0.15) is 0 Å². The molecular formula is C7H8F2O2. The molecule has 0 aromatic heterocycles. The van der Waals surface area contributed by atoms with Crippen LogP contribution in [0.1, 0.15) is 19.3 Å². The Morgan fingerprint density at radius 1 is 1.45 bits per heavy atom. The third-order valence-corrected chi connectivity index (χ3v) is 2.97. The number of rotatable bonds is 2. The van der Waals surface area contributed by atoms with Gasteiger partial charge in [0.2, 0.25) is 0 Å². The molecule has 3 aliphatic carbocycles. The van der Waals surface area contributed by atoms with Crippen molar-refractivity contribution in [1.29, 1.82) is 0 Å². The molecule has 0 aliphatic heterocycles. The molecule has 3 fully saturated rings. The minimum Gasteiger partial charge on any atom is -0.477 e. The van der Waals surface area contributed by atoms with Crippen molar-refractivity contribution < 1.29 is 18.7 Å². The van der Waals surface area contributed by atoms with Gasteiger partial charge >= 0.3 is 11.9 Å². The van der Waals surface area contributed by atoms with Gasteiger partial charge in [-0.05, 0) is 25.2 Å². The number of carboxylic acids is 1. The highest BCUT2D eigenvalue weighted by molar-refractivity contribution is 5.77. The predicted molar refractivity (Wildman–Crippen MR) is 32.4 cm³/mol. The lowest BCUT2D eigenvalue weighted by molar-refractivity contribution is -0.263. The maximum absolute atomic E-state index is 12.8. The average Bonchev–Trinajstić information content (AvgIpc) is 1.52. The normalized spacial score (nSPS) is 40.7. The number of carbonyl (C=O) groups is 1. The molecule has 0 aromatic rings. The fourth-order valence-electron chi connectivity index (χ4n) is 2.09. The Labute approximate surface area is 62.2 Å². The highest BCUT2D eigenvalue weighted by Gasteiger charge is 2.72. The van der Waals surface area contributed by atoms with Gasteiger partial charge in [0.15, 0.2) is 0 Å². The van der Waals surface area contributed by atoms with Crippen LogP contribution in [0.2, 0.25) is 0 Å². The van der Waals surface area contributed by atoms with Crippen LogP contribution in [0.3, 0.4) is 0 Å². The topological polar surface area (TPSA) is 37.3 Å². The van der Waals surface area contributed by atoms with Crippen LogP contribution in [-0.2, 0) is 4.79 Å². The van der Waals surface area contributed by atoms with Crippen LogP contribution in [0.4, 0.5) is 8.78 Å². The number of alkyl halides is 2. The first kappa shape index (κ1) is 7.00. The lowest BCUT2D eigenvalue weighted by atomic mass is 9.42. The molecule has 0 spiro atoms. The number of carboxylic acid groups (broad SMARTS) is 1. The highest BCUT2D eigenvalue weighted by Crippen LogP contribution is 2.70. The number of hydrogen-bond donors (Lipinski definition) is 1. The van der Waals surface area contributed by atoms with Crippen molar-refractivity contribution in [1.82, 2.24) is 0 Å². The zero-order valence-electron chi connectivity index (χ0n) is 5.81. The van der Waals surface area contributed by atoms with Crippen LogP contribution in [0.15, 0.2) is 0 Å². The number of halogens is 2. The first-order chi connectivity index (χ1) is 4.98. The first-order valence-corrected chi connectivity index (χ1v) is 3.59. The standard InChI is InChI=1S/C7H8F2O2/c8-7(9,5(10)11)6-1-4(2-6)3-6/h4H,1-3H2,(H,10,11). The predicted octanol–water partition coefficient (Wildman–Crippen LogP) is 1.51. The molecule has 4 heteroatoms. The van der Waals surface area contributed by atoms with E-state index in [9.17, 15) is 13.6 Å². The number of aliphatic carboxylic acids is 1. The van der Waals surface area contributed by atoms with E-state index < -0.39 is 17.3 Å². The summed E-state index contributed by atoms with van der Waals surface area (Å²) in [4.78, 5) is 10.1. The Morgan fingerprint density at radius 2 is 1.91 bits per heavy atom. The minimum absolute atomic E-state index is 0.389. The van der Waals surface area contributed by atoms with Gasteiger partial charge in [-0.2, -0.15) is 8.78 Å². The first-order valence-electron chi connectivity index (χ1n) is 3.59. The largest absolute Gasteiger partial charge is 0.477 e. The average molecular weight is 162 g/mol. The second-order valence-electron chi connectivity index (χ2n) is 3.64. The van der Waals surface area contributed by atoms with Crippen LogP contribution in [0.5, 0.6) is 0 Å². The summed E-state index contributed by atoms with van der Waals surface area (Å²) in [5, 5.41) is 8.22. The van der Waals surface area contributed by atoms with Crippen molar-refractivity contribution in [3.05, 3.63) is 0 Å². The molecule has 0 heterocycles. The summed E-state index contributed by atoms with van der Waals surface area (Å²) in [7, 11) is 0. The zero-order valence-corrected chi connectivity index (χ0v) is 5.81. The van der Waals surface area contributed by atoms with Gasteiger partial charge in [0.05, 0.1) is 0 Å². The molecule has 62 valence electrons. The Morgan fingerprint density at radius 3 is 2.00 bits per heavy atom. The van der Waals surface area contributed by atoms with Crippen molar-refractivity contribution in [2.45, 2.75) is 25.2 Å². The summed E-state index contributed by atoms with van der Waals surface area (Å²) in [6.45, 7) is 0. The molecule has 0 radical (unpaired) electrons. The van der Waals surface area contributed by atoms with Gasteiger partial charge in [-0.15, -0.1) is 0 Å². The zero-order chi connectivity index (χ0) is 8.28. The van der Waals surface area contributed by atoms with E-state index in [0.29, 0.717) is 25.2 Å². The molecule has 2 nitrogen and oxygen atoms in total. The number of hydrogen-bond acceptors (Lipinski definition) is 1. The van der Waals surface area contributed by atoms with Crippen LogP contribution in [0, 0.1) is 11.3 Å². The van der Waals surface area contributed by atoms with Crippen LogP contribution >= 0.6 is 0 Å². The fraction of sp³-hybridized carbons (Fsp3) is 0.857. The van der Waals surface area contributed by atoms with Crippen molar-refractivity contribution in [2.24, 2.45) is 11.3 Å². The molecule has 3 aliphatic rings. The van der Waals surface area contributed by atoms with Crippen LogP contribution in [0.25, 0.3) is 0 Å². The third kappa shape index (κ3) is 0.583. The molecule has 3 rings (SSSR count). The molecule has 0 atom stereocenters. The van der Waals surface area contributed by atoms with E-state index in [-0.39, 0.29) is 0 Å². The van der Waals surface area contributed by atoms with E-state index in [1.54, 1.807) is 0 Å². The van der Waals surface area contributed by atoms with Gasteiger partial charge in [-0.1, -0.05) is 0 Å². The van der Waals surface area contributed by atoms with E-state index in [1.165, 1.54) is 0 Å². The summed E-state index contributed by atoms with van der Waals surface area (Å²) in [5.74, 6) is -5.06. The molecule has 0 saturated heterocycles. The molecule has 3 saturated carbocycles. The molecular weight excluding hydrogens is 154 g/mol. The maximum atomic E-state index is 12.8.